The first kappa shape index (κ1) is 14.5. The predicted molar refractivity (Wildman–Crippen MR) is 74.7 cm³/mol. The van der Waals surface area contributed by atoms with E-state index in [1.165, 1.54) is 0 Å². The van der Waals surface area contributed by atoms with Crippen molar-refractivity contribution in [1.82, 2.24) is 5.32 Å². The third-order valence-electron chi connectivity index (χ3n) is 3.72. The summed E-state index contributed by atoms with van der Waals surface area (Å²) in [6, 6.07) is 7.13. The van der Waals surface area contributed by atoms with Crippen LogP contribution in [0.5, 0.6) is 0 Å². The van der Waals surface area contributed by atoms with Crippen molar-refractivity contribution < 1.29 is 13.5 Å². The standard InChI is InChI=1S/C14H21NO3S/c1-10(2)13(9-16)15-12-7-8-19(17,18)14-6-4-3-5-11(12)14/h3-6,10,12-13,15-16H,7-9H2,1-2H3/t12?,13-/m1/s1. The predicted octanol–water partition coefficient (Wildman–Crippen LogP) is 1.51. The van der Waals surface area contributed by atoms with E-state index in [2.05, 4.69) is 5.32 Å². The van der Waals surface area contributed by atoms with E-state index in [0.717, 1.165) is 5.56 Å². The molecule has 2 rings (SSSR count). The van der Waals surface area contributed by atoms with Crippen molar-refractivity contribution in [2.45, 2.75) is 37.2 Å². The van der Waals surface area contributed by atoms with Crippen LogP contribution in [0.3, 0.4) is 0 Å². The molecule has 2 atom stereocenters. The van der Waals surface area contributed by atoms with E-state index in [9.17, 15) is 13.5 Å². The highest BCUT2D eigenvalue weighted by atomic mass is 32.2. The zero-order chi connectivity index (χ0) is 14.0. The van der Waals surface area contributed by atoms with Crippen LogP contribution in [0, 0.1) is 5.92 Å². The van der Waals surface area contributed by atoms with Gasteiger partial charge in [-0.05, 0) is 24.0 Å². The van der Waals surface area contributed by atoms with Crippen molar-refractivity contribution in [2.75, 3.05) is 12.4 Å². The molecule has 0 saturated heterocycles. The minimum Gasteiger partial charge on any atom is -0.395 e. The van der Waals surface area contributed by atoms with E-state index in [1.54, 1.807) is 12.1 Å². The summed E-state index contributed by atoms with van der Waals surface area (Å²) in [6.07, 6.45) is 0.558. The van der Waals surface area contributed by atoms with Crippen LogP contribution >= 0.6 is 0 Å². The number of nitrogens with one attached hydrogen (secondary N) is 1. The average molecular weight is 283 g/mol. The number of hydrogen-bond acceptors (Lipinski definition) is 4. The van der Waals surface area contributed by atoms with Gasteiger partial charge in [0.1, 0.15) is 0 Å². The fourth-order valence-electron chi connectivity index (χ4n) is 2.48. The maximum atomic E-state index is 12.0. The largest absolute Gasteiger partial charge is 0.395 e. The summed E-state index contributed by atoms with van der Waals surface area (Å²) < 4.78 is 24.1. The van der Waals surface area contributed by atoms with Gasteiger partial charge in [0, 0.05) is 12.1 Å². The first-order valence-corrected chi connectivity index (χ1v) is 8.29. The lowest BCUT2D eigenvalue weighted by Crippen LogP contribution is -2.41. The summed E-state index contributed by atoms with van der Waals surface area (Å²) in [4.78, 5) is 0.430. The van der Waals surface area contributed by atoms with Gasteiger partial charge in [-0.3, -0.25) is 0 Å². The smallest absolute Gasteiger partial charge is 0.178 e. The van der Waals surface area contributed by atoms with Gasteiger partial charge in [0.25, 0.3) is 0 Å². The molecule has 0 saturated carbocycles. The van der Waals surface area contributed by atoms with E-state index >= 15 is 0 Å². The molecule has 1 aromatic carbocycles. The quantitative estimate of drug-likeness (QED) is 0.879. The van der Waals surface area contributed by atoms with E-state index in [-0.39, 0.29) is 24.4 Å². The molecule has 0 fully saturated rings. The number of sulfone groups is 1. The molecule has 4 nitrogen and oxygen atoms in total. The van der Waals surface area contributed by atoms with Crippen molar-refractivity contribution in [3.05, 3.63) is 29.8 Å². The van der Waals surface area contributed by atoms with Crippen LogP contribution in [0.4, 0.5) is 0 Å². The lowest BCUT2D eigenvalue weighted by molar-refractivity contribution is 0.197. The molecular weight excluding hydrogens is 262 g/mol. The maximum absolute atomic E-state index is 12.0. The second kappa shape index (κ2) is 5.61. The molecule has 2 N–H and O–H groups in total. The van der Waals surface area contributed by atoms with Crippen LogP contribution < -0.4 is 5.32 Å². The molecule has 5 heteroatoms. The fraction of sp³-hybridized carbons (Fsp3) is 0.571. The van der Waals surface area contributed by atoms with Crippen LogP contribution in [0.1, 0.15) is 31.9 Å². The lowest BCUT2D eigenvalue weighted by atomic mass is 9.99. The van der Waals surface area contributed by atoms with Gasteiger partial charge in [0.05, 0.1) is 17.3 Å². The number of aliphatic hydroxyl groups is 1. The second-order valence-electron chi connectivity index (χ2n) is 5.40. The molecule has 19 heavy (non-hydrogen) atoms. The van der Waals surface area contributed by atoms with Crippen LogP contribution in [-0.2, 0) is 9.84 Å². The Morgan fingerprint density at radius 2 is 2.05 bits per heavy atom. The van der Waals surface area contributed by atoms with Crippen molar-refractivity contribution in [3.8, 4) is 0 Å². The van der Waals surface area contributed by atoms with E-state index < -0.39 is 9.84 Å². The molecule has 0 spiro atoms. The first-order chi connectivity index (χ1) is 8.95. The van der Waals surface area contributed by atoms with Gasteiger partial charge in [-0.25, -0.2) is 8.42 Å². The molecular formula is C14H21NO3S. The SMILES string of the molecule is CC(C)[C@@H](CO)NC1CCS(=O)(=O)c2ccccc21. The normalized spacial score (nSPS) is 23.1. The monoisotopic (exact) mass is 283 g/mol. The zero-order valence-corrected chi connectivity index (χ0v) is 12.2. The minimum absolute atomic E-state index is 0.000671. The third kappa shape index (κ3) is 2.99. The minimum atomic E-state index is -3.14. The molecule has 106 valence electrons. The Balaban J connectivity index is 2.30. The summed E-state index contributed by atoms with van der Waals surface area (Å²) >= 11 is 0. The van der Waals surface area contributed by atoms with Crippen molar-refractivity contribution in [2.24, 2.45) is 5.92 Å². The van der Waals surface area contributed by atoms with Gasteiger partial charge in [0.2, 0.25) is 0 Å². The molecule has 1 aliphatic rings. The number of rotatable bonds is 4. The Labute approximate surface area is 114 Å². The number of fused-ring (bicyclic) bond motifs is 1. The molecule has 1 heterocycles. The van der Waals surface area contributed by atoms with Crippen LogP contribution in [0.15, 0.2) is 29.2 Å². The number of hydrogen-bond donors (Lipinski definition) is 2. The van der Waals surface area contributed by atoms with Gasteiger partial charge < -0.3 is 10.4 Å². The number of benzene rings is 1. The van der Waals surface area contributed by atoms with Gasteiger partial charge >= 0.3 is 0 Å². The van der Waals surface area contributed by atoms with Crippen LogP contribution in [0.25, 0.3) is 0 Å². The Morgan fingerprint density at radius 3 is 2.68 bits per heavy atom. The summed E-state index contributed by atoms with van der Waals surface area (Å²) in [5.74, 6) is 0.466. The summed E-state index contributed by atoms with van der Waals surface area (Å²) in [5.41, 5.74) is 0.827. The zero-order valence-electron chi connectivity index (χ0n) is 11.3. The molecule has 0 aromatic heterocycles. The molecule has 0 bridgehead atoms. The van der Waals surface area contributed by atoms with Gasteiger partial charge in [-0.1, -0.05) is 32.0 Å². The van der Waals surface area contributed by atoms with Crippen molar-refractivity contribution in [1.29, 1.82) is 0 Å². The Hall–Kier alpha value is -0.910. The van der Waals surface area contributed by atoms with E-state index in [0.29, 0.717) is 17.2 Å². The fourth-order valence-corrected chi connectivity index (χ4v) is 4.10. The van der Waals surface area contributed by atoms with Crippen molar-refractivity contribution in [3.63, 3.8) is 0 Å². The highest BCUT2D eigenvalue weighted by Crippen LogP contribution is 2.32. The maximum Gasteiger partial charge on any atom is 0.178 e. The molecule has 0 aliphatic carbocycles. The molecule has 1 unspecified atom stereocenters. The highest BCUT2D eigenvalue weighted by Gasteiger charge is 2.31. The first-order valence-electron chi connectivity index (χ1n) is 6.64. The van der Waals surface area contributed by atoms with Gasteiger partial charge in [-0.15, -0.1) is 0 Å². The summed E-state index contributed by atoms with van der Waals surface area (Å²) in [7, 11) is -3.14. The van der Waals surface area contributed by atoms with Crippen LogP contribution in [0.2, 0.25) is 0 Å². The molecule has 0 amide bonds. The molecule has 0 radical (unpaired) electrons. The third-order valence-corrected chi connectivity index (χ3v) is 5.54. The summed E-state index contributed by atoms with van der Waals surface area (Å²) in [6.45, 7) is 4.14. The Kier molecular flexibility index (Phi) is 4.28. The van der Waals surface area contributed by atoms with Gasteiger partial charge in [0.15, 0.2) is 9.84 Å². The van der Waals surface area contributed by atoms with E-state index in [1.807, 2.05) is 26.0 Å². The second-order valence-corrected chi connectivity index (χ2v) is 7.48. The number of aliphatic hydroxyl groups excluding tert-OH is 1. The topological polar surface area (TPSA) is 66.4 Å². The molecule has 1 aliphatic heterocycles. The highest BCUT2D eigenvalue weighted by molar-refractivity contribution is 7.91. The van der Waals surface area contributed by atoms with Crippen LogP contribution in [-0.4, -0.2) is 31.9 Å². The van der Waals surface area contributed by atoms with E-state index in [4.69, 9.17) is 0 Å². The average Bonchev–Trinajstić information content (AvgIpc) is 2.38. The Morgan fingerprint density at radius 1 is 1.37 bits per heavy atom. The Bertz CT molecular complexity index is 539. The summed E-state index contributed by atoms with van der Waals surface area (Å²) in [5, 5.41) is 12.8. The lowest BCUT2D eigenvalue weighted by Gasteiger charge is -2.31. The van der Waals surface area contributed by atoms with Gasteiger partial charge in [-0.2, -0.15) is 0 Å². The molecule has 1 aromatic rings. The van der Waals surface area contributed by atoms with Crippen molar-refractivity contribution >= 4 is 9.84 Å².